The molecule has 1 atom stereocenters. The topological polar surface area (TPSA) is 55.2 Å². The highest BCUT2D eigenvalue weighted by atomic mass is 35.5. The summed E-state index contributed by atoms with van der Waals surface area (Å²) in [5.41, 5.74) is 1.13. The zero-order chi connectivity index (χ0) is 15.0. The molecule has 0 saturated carbocycles. The lowest BCUT2D eigenvalue weighted by Crippen LogP contribution is -2.16. The van der Waals surface area contributed by atoms with Crippen molar-refractivity contribution in [2.24, 2.45) is 0 Å². The average molecular weight is 327 g/mol. The molecule has 4 nitrogen and oxygen atoms in total. The van der Waals surface area contributed by atoms with Crippen LogP contribution in [0.1, 0.15) is 29.3 Å². The smallest absolute Gasteiger partial charge is 0.272 e. The second-order valence-corrected chi connectivity index (χ2v) is 6.71. The maximum atomic E-state index is 14.0. The zero-order valence-corrected chi connectivity index (χ0v) is 12.5. The molecular weight excluding hydrogens is 315 g/mol. The van der Waals surface area contributed by atoms with E-state index in [4.69, 9.17) is 11.6 Å². The summed E-state index contributed by atoms with van der Waals surface area (Å²) in [5, 5.41) is 13.8. The number of nitro groups is 1. The summed E-state index contributed by atoms with van der Waals surface area (Å²) in [6, 6.07) is 5.56. The summed E-state index contributed by atoms with van der Waals surface area (Å²) in [7, 11) is 0. The Hall–Kier alpha value is -1.66. The number of nitro benzene ring substituents is 1. The number of hydrogen-bond donors (Lipinski definition) is 1. The Morgan fingerprint density at radius 2 is 2.24 bits per heavy atom. The molecule has 1 N–H and O–H groups in total. The third kappa shape index (κ3) is 2.87. The van der Waals surface area contributed by atoms with Gasteiger partial charge in [-0.1, -0.05) is 11.6 Å². The first-order valence-corrected chi connectivity index (χ1v) is 7.72. The van der Waals surface area contributed by atoms with E-state index in [-0.39, 0.29) is 17.4 Å². The fraction of sp³-hybridized carbons (Fsp3) is 0.286. The molecule has 0 aliphatic heterocycles. The molecule has 0 saturated heterocycles. The first-order valence-electron chi connectivity index (χ1n) is 6.53. The summed E-state index contributed by atoms with van der Waals surface area (Å²) in [5.74, 6) is -0.613. The summed E-state index contributed by atoms with van der Waals surface area (Å²) >= 11 is 7.61. The first kappa shape index (κ1) is 14.3. The second kappa shape index (κ2) is 5.61. The monoisotopic (exact) mass is 326 g/mol. The number of aryl methyl sites for hydroxylation is 1. The predicted molar refractivity (Wildman–Crippen MR) is 81.7 cm³/mol. The SMILES string of the molecule is O=[N+]([O-])c1ccc(NC2CCCc3sc(Cl)cc32)c(F)c1. The minimum absolute atomic E-state index is 0.00606. The molecule has 3 rings (SSSR count). The molecule has 1 aliphatic carbocycles. The standard InChI is InChI=1S/C14H12ClFN2O2S/c15-14-7-9-11(2-1-3-13(9)21-14)17-12-5-4-8(18(19)20)6-10(12)16/h4-7,11,17H,1-3H2. The van der Waals surface area contributed by atoms with Crippen molar-refractivity contribution in [3.05, 3.63) is 55.0 Å². The minimum atomic E-state index is -0.613. The van der Waals surface area contributed by atoms with Crippen molar-refractivity contribution in [2.45, 2.75) is 25.3 Å². The van der Waals surface area contributed by atoms with Gasteiger partial charge >= 0.3 is 0 Å². The molecular formula is C14H12ClFN2O2S. The van der Waals surface area contributed by atoms with Gasteiger partial charge in [0.25, 0.3) is 5.69 Å². The molecule has 1 heterocycles. The number of thiophene rings is 1. The zero-order valence-electron chi connectivity index (χ0n) is 10.9. The fourth-order valence-corrected chi connectivity index (χ4v) is 3.98. The maximum Gasteiger partial charge on any atom is 0.272 e. The van der Waals surface area contributed by atoms with Crippen molar-refractivity contribution in [3.8, 4) is 0 Å². The van der Waals surface area contributed by atoms with Gasteiger partial charge in [0.2, 0.25) is 0 Å². The van der Waals surface area contributed by atoms with E-state index < -0.39 is 10.7 Å². The minimum Gasteiger partial charge on any atom is -0.376 e. The molecule has 21 heavy (non-hydrogen) atoms. The second-order valence-electron chi connectivity index (χ2n) is 4.94. The van der Waals surface area contributed by atoms with Gasteiger partial charge in [-0.05, 0) is 37.0 Å². The van der Waals surface area contributed by atoms with E-state index in [9.17, 15) is 14.5 Å². The van der Waals surface area contributed by atoms with Crippen LogP contribution in [0, 0.1) is 15.9 Å². The third-order valence-electron chi connectivity index (χ3n) is 3.58. The average Bonchev–Trinajstić information content (AvgIpc) is 2.82. The van der Waals surface area contributed by atoms with Crippen LogP contribution >= 0.6 is 22.9 Å². The van der Waals surface area contributed by atoms with Crippen LogP contribution in [0.25, 0.3) is 0 Å². The largest absolute Gasteiger partial charge is 0.376 e. The summed E-state index contributed by atoms with van der Waals surface area (Å²) in [4.78, 5) is 11.2. The summed E-state index contributed by atoms with van der Waals surface area (Å²) < 4.78 is 14.7. The van der Waals surface area contributed by atoms with Gasteiger partial charge in [-0.25, -0.2) is 4.39 Å². The molecule has 1 aromatic heterocycles. The number of fused-ring (bicyclic) bond motifs is 1. The van der Waals surface area contributed by atoms with Gasteiger partial charge in [-0.2, -0.15) is 0 Å². The molecule has 0 amide bonds. The molecule has 110 valence electrons. The van der Waals surface area contributed by atoms with Crippen molar-refractivity contribution < 1.29 is 9.31 Å². The van der Waals surface area contributed by atoms with E-state index >= 15 is 0 Å². The maximum absolute atomic E-state index is 14.0. The lowest BCUT2D eigenvalue weighted by atomic mass is 9.94. The first-order chi connectivity index (χ1) is 10.0. The van der Waals surface area contributed by atoms with Crippen LogP contribution in [0.2, 0.25) is 4.34 Å². The highest BCUT2D eigenvalue weighted by Gasteiger charge is 2.23. The van der Waals surface area contributed by atoms with Gasteiger partial charge in [0.1, 0.15) is 0 Å². The Kier molecular flexibility index (Phi) is 3.82. The predicted octanol–water partition coefficient (Wildman–Crippen LogP) is 4.94. The number of benzene rings is 1. The van der Waals surface area contributed by atoms with Gasteiger partial charge in [-0.3, -0.25) is 10.1 Å². The van der Waals surface area contributed by atoms with Crippen LogP contribution in [0.15, 0.2) is 24.3 Å². The van der Waals surface area contributed by atoms with Crippen LogP contribution in [0.3, 0.4) is 0 Å². The molecule has 1 aromatic carbocycles. The number of nitrogens with one attached hydrogen (secondary N) is 1. The molecule has 1 aliphatic rings. The van der Waals surface area contributed by atoms with Gasteiger partial charge in [-0.15, -0.1) is 11.3 Å². The Bertz CT molecular complexity index is 704. The van der Waals surface area contributed by atoms with Crippen LogP contribution in [-0.2, 0) is 6.42 Å². The fourth-order valence-electron chi connectivity index (χ4n) is 2.59. The van der Waals surface area contributed by atoms with Gasteiger partial charge in [0.05, 0.1) is 27.1 Å². The van der Waals surface area contributed by atoms with E-state index in [1.165, 1.54) is 17.0 Å². The Morgan fingerprint density at radius 1 is 1.43 bits per heavy atom. The van der Waals surface area contributed by atoms with Crippen molar-refractivity contribution in [1.82, 2.24) is 0 Å². The number of non-ortho nitro benzene ring substituents is 1. The summed E-state index contributed by atoms with van der Waals surface area (Å²) in [6.07, 6.45) is 2.89. The third-order valence-corrected chi connectivity index (χ3v) is 4.92. The number of anilines is 1. The van der Waals surface area contributed by atoms with E-state index in [1.807, 2.05) is 6.07 Å². The van der Waals surface area contributed by atoms with Crippen molar-refractivity contribution in [2.75, 3.05) is 5.32 Å². The van der Waals surface area contributed by atoms with Gasteiger partial charge in [0, 0.05) is 10.9 Å². The van der Waals surface area contributed by atoms with Crippen LogP contribution in [-0.4, -0.2) is 4.92 Å². The number of nitrogens with zero attached hydrogens (tertiary/aromatic N) is 1. The van der Waals surface area contributed by atoms with Crippen LogP contribution in [0.4, 0.5) is 15.8 Å². The normalized spacial score (nSPS) is 17.3. The van der Waals surface area contributed by atoms with Crippen molar-refractivity contribution >= 4 is 34.3 Å². The van der Waals surface area contributed by atoms with Crippen LogP contribution < -0.4 is 5.32 Å². The van der Waals surface area contributed by atoms with Gasteiger partial charge < -0.3 is 5.32 Å². The molecule has 0 spiro atoms. The van der Waals surface area contributed by atoms with Crippen molar-refractivity contribution in [3.63, 3.8) is 0 Å². The molecule has 1 unspecified atom stereocenters. The van der Waals surface area contributed by atoms with E-state index in [1.54, 1.807) is 11.3 Å². The number of hydrogen-bond acceptors (Lipinski definition) is 4. The summed E-state index contributed by atoms with van der Waals surface area (Å²) in [6.45, 7) is 0. The van der Waals surface area contributed by atoms with Crippen LogP contribution in [0.5, 0.6) is 0 Å². The lowest BCUT2D eigenvalue weighted by molar-refractivity contribution is -0.385. The highest BCUT2D eigenvalue weighted by molar-refractivity contribution is 7.16. The molecule has 2 aromatic rings. The lowest BCUT2D eigenvalue weighted by Gasteiger charge is -2.24. The quantitative estimate of drug-likeness (QED) is 0.642. The molecule has 7 heteroatoms. The van der Waals surface area contributed by atoms with E-state index in [0.29, 0.717) is 0 Å². The number of rotatable bonds is 3. The Labute approximate surface area is 129 Å². The molecule has 0 fully saturated rings. The Morgan fingerprint density at radius 3 is 2.95 bits per heavy atom. The van der Waals surface area contributed by atoms with E-state index in [2.05, 4.69) is 5.32 Å². The van der Waals surface area contributed by atoms with Gasteiger partial charge in [0.15, 0.2) is 5.82 Å². The number of halogens is 2. The molecule has 0 radical (unpaired) electrons. The van der Waals surface area contributed by atoms with E-state index in [0.717, 1.165) is 35.2 Å². The highest BCUT2D eigenvalue weighted by Crippen LogP contribution is 2.39. The Balaban J connectivity index is 1.86. The molecule has 0 bridgehead atoms. The van der Waals surface area contributed by atoms with Crippen molar-refractivity contribution in [1.29, 1.82) is 0 Å².